The van der Waals surface area contributed by atoms with Crippen LogP contribution in [0.1, 0.15) is 17.2 Å². The molecule has 2 rings (SSSR count). The summed E-state index contributed by atoms with van der Waals surface area (Å²) in [4.78, 5) is 0. The normalized spacial score (nSPS) is 13.1. The Morgan fingerprint density at radius 3 is 2.23 bits per heavy atom. The molecule has 0 heterocycles. The predicted molar refractivity (Wildman–Crippen MR) is 80.1 cm³/mol. The van der Waals surface area contributed by atoms with Gasteiger partial charge in [0, 0.05) is 10.0 Å². The molecule has 6 heteroatoms. The molecule has 0 aliphatic carbocycles. The molecular weight excluding hydrogens is 361 g/mol. The maximum Gasteiger partial charge on any atom is 0.419 e. The van der Waals surface area contributed by atoms with Gasteiger partial charge in [0.1, 0.15) is 6.79 Å². The fourth-order valence-electron chi connectivity index (χ4n) is 1.90. The van der Waals surface area contributed by atoms with Crippen molar-refractivity contribution in [2.75, 3.05) is 6.79 Å². The van der Waals surface area contributed by atoms with Crippen molar-refractivity contribution in [1.82, 2.24) is 0 Å². The first kappa shape index (κ1) is 17.0. The molecule has 0 aliphatic heterocycles. The molecule has 0 fully saturated rings. The van der Waals surface area contributed by atoms with E-state index in [2.05, 4.69) is 15.9 Å². The molecule has 0 radical (unpaired) electrons. The van der Waals surface area contributed by atoms with E-state index in [-0.39, 0.29) is 12.2 Å². The van der Waals surface area contributed by atoms with Gasteiger partial charge < -0.3 is 9.47 Å². The highest BCUT2D eigenvalue weighted by Crippen LogP contribution is 2.38. The van der Waals surface area contributed by atoms with Crippen molar-refractivity contribution in [2.24, 2.45) is 0 Å². The molecule has 0 saturated heterocycles. The van der Waals surface area contributed by atoms with Crippen LogP contribution >= 0.6 is 15.9 Å². The lowest BCUT2D eigenvalue weighted by Gasteiger charge is -2.22. The van der Waals surface area contributed by atoms with Crippen molar-refractivity contribution < 1.29 is 22.6 Å². The van der Waals surface area contributed by atoms with E-state index >= 15 is 0 Å². The third-order valence-electron chi connectivity index (χ3n) is 2.91. The van der Waals surface area contributed by atoms with E-state index in [1.54, 1.807) is 12.1 Å². The summed E-state index contributed by atoms with van der Waals surface area (Å²) in [6.45, 7) is -0.248. The zero-order valence-corrected chi connectivity index (χ0v) is 13.1. The van der Waals surface area contributed by atoms with E-state index < -0.39 is 19.1 Å². The summed E-state index contributed by atoms with van der Waals surface area (Å²) in [5, 5.41) is 0. The van der Waals surface area contributed by atoms with Gasteiger partial charge in [-0.1, -0.05) is 64.5 Å². The molecule has 0 saturated carbocycles. The first-order chi connectivity index (χ1) is 10.5. The molecule has 22 heavy (non-hydrogen) atoms. The van der Waals surface area contributed by atoms with Gasteiger partial charge in [-0.15, -0.1) is 0 Å². The van der Waals surface area contributed by atoms with Gasteiger partial charge in [0.25, 0.3) is 0 Å². The molecule has 0 amide bonds. The fraction of sp³-hybridized carbons (Fsp3) is 0.250. The highest BCUT2D eigenvalue weighted by molar-refractivity contribution is 9.10. The Kier molecular flexibility index (Phi) is 5.99. The van der Waals surface area contributed by atoms with Crippen LogP contribution in [0.4, 0.5) is 13.2 Å². The third kappa shape index (κ3) is 4.83. The van der Waals surface area contributed by atoms with E-state index in [9.17, 15) is 13.2 Å². The lowest BCUT2D eigenvalue weighted by atomic mass is 10.1. The summed E-state index contributed by atoms with van der Waals surface area (Å²) in [6.07, 6.45) is -6.54. The molecular formula is C16H14BrF3O2. The van der Waals surface area contributed by atoms with Gasteiger partial charge in [-0.25, -0.2) is 0 Å². The topological polar surface area (TPSA) is 18.5 Å². The quantitative estimate of drug-likeness (QED) is 0.508. The molecule has 0 N–H and O–H groups in total. The van der Waals surface area contributed by atoms with Gasteiger partial charge in [0.2, 0.25) is 0 Å². The van der Waals surface area contributed by atoms with Crippen molar-refractivity contribution in [3.63, 3.8) is 0 Å². The van der Waals surface area contributed by atoms with Gasteiger partial charge in [0.05, 0.1) is 6.61 Å². The summed E-state index contributed by atoms with van der Waals surface area (Å²) < 4.78 is 49.8. The molecule has 2 aromatic rings. The maximum atomic E-state index is 13.1. The Morgan fingerprint density at radius 1 is 0.955 bits per heavy atom. The molecule has 1 atom stereocenters. The average Bonchev–Trinajstić information content (AvgIpc) is 2.48. The van der Waals surface area contributed by atoms with Crippen LogP contribution < -0.4 is 0 Å². The van der Waals surface area contributed by atoms with Crippen molar-refractivity contribution in [2.45, 2.75) is 18.9 Å². The SMILES string of the molecule is FC(F)(F)C(OCOCc1ccccc1)c1ccccc1Br. The van der Waals surface area contributed by atoms with Gasteiger partial charge in [0.15, 0.2) is 6.10 Å². The standard InChI is InChI=1S/C16H14BrF3O2/c17-14-9-5-4-8-13(14)15(16(18,19)20)22-11-21-10-12-6-2-1-3-7-12/h1-9,15H,10-11H2. The molecule has 0 aliphatic rings. The number of alkyl halides is 3. The molecule has 0 bridgehead atoms. The zero-order valence-electron chi connectivity index (χ0n) is 11.5. The predicted octanol–water partition coefficient (Wildman–Crippen LogP) is 5.24. The second kappa shape index (κ2) is 7.76. The van der Waals surface area contributed by atoms with E-state index in [1.807, 2.05) is 30.3 Å². The monoisotopic (exact) mass is 374 g/mol. The second-order valence-electron chi connectivity index (χ2n) is 4.56. The number of halogens is 4. The zero-order chi connectivity index (χ0) is 16.0. The third-order valence-corrected chi connectivity index (χ3v) is 3.64. The van der Waals surface area contributed by atoms with Crippen LogP contribution in [-0.2, 0) is 16.1 Å². The van der Waals surface area contributed by atoms with Gasteiger partial charge in [-0.3, -0.25) is 0 Å². The summed E-state index contributed by atoms with van der Waals surface area (Å²) in [6, 6.07) is 15.3. The van der Waals surface area contributed by atoms with E-state index in [1.165, 1.54) is 12.1 Å². The van der Waals surface area contributed by atoms with Crippen LogP contribution in [0.5, 0.6) is 0 Å². The van der Waals surface area contributed by atoms with Crippen LogP contribution in [0.25, 0.3) is 0 Å². The van der Waals surface area contributed by atoms with Crippen molar-refractivity contribution in [3.05, 3.63) is 70.2 Å². The Bertz CT molecular complexity index is 587. The summed E-state index contributed by atoms with van der Waals surface area (Å²) in [5.74, 6) is 0. The Morgan fingerprint density at radius 2 is 1.59 bits per heavy atom. The molecule has 118 valence electrons. The van der Waals surface area contributed by atoms with Gasteiger partial charge >= 0.3 is 6.18 Å². The summed E-state index contributed by atoms with van der Waals surface area (Å²) in [7, 11) is 0. The van der Waals surface area contributed by atoms with Crippen LogP contribution in [0.3, 0.4) is 0 Å². The Balaban J connectivity index is 1.96. The average molecular weight is 375 g/mol. The minimum atomic E-state index is -4.51. The van der Waals surface area contributed by atoms with Crippen molar-refractivity contribution >= 4 is 15.9 Å². The minimum Gasteiger partial charge on any atom is -0.351 e. The first-order valence-electron chi connectivity index (χ1n) is 6.53. The molecule has 0 aromatic heterocycles. The highest BCUT2D eigenvalue weighted by Gasteiger charge is 2.42. The molecule has 1 unspecified atom stereocenters. The van der Waals surface area contributed by atoms with Gasteiger partial charge in [-0.2, -0.15) is 13.2 Å². The largest absolute Gasteiger partial charge is 0.419 e. The minimum absolute atomic E-state index is 0.0262. The van der Waals surface area contributed by atoms with E-state index in [0.717, 1.165) is 5.56 Å². The molecule has 2 nitrogen and oxygen atoms in total. The van der Waals surface area contributed by atoms with E-state index in [4.69, 9.17) is 9.47 Å². The first-order valence-corrected chi connectivity index (χ1v) is 7.32. The lowest BCUT2D eigenvalue weighted by Crippen LogP contribution is -2.25. The van der Waals surface area contributed by atoms with Crippen LogP contribution in [0.15, 0.2) is 59.1 Å². The van der Waals surface area contributed by atoms with Gasteiger partial charge in [-0.05, 0) is 11.6 Å². The van der Waals surface area contributed by atoms with Crippen LogP contribution in [-0.4, -0.2) is 13.0 Å². The number of hydrogen-bond acceptors (Lipinski definition) is 2. The van der Waals surface area contributed by atoms with Crippen molar-refractivity contribution in [1.29, 1.82) is 0 Å². The van der Waals surface area contributed by atoms with Crippen molar-refractivity contribution in [3.8, 4) is 0 Å². The number of ether oxygens (including phenoxy) is 2. The summed E-state index contributed by atoms with van der Waals surface area (Å²) in [5.41, 5.74) is 0.897. The Labute approximate surface area is 135 Å². The van der Waals surface area contributed by atoms with Crippen LogP contribution in [0.2, 0.25) is 0 Å². The summed E-state index contributed by atoms with van der Waals surface area (Å²) >= 11 is 3.11. The maximum absolute atomic E-state index is 13.1. The smallest absolute Gasteiger partial charge is 0.351 e. The number of hydrogen-bond donors (Lipinski definition) is 0. The second-order valence-corrected chi connectivity index (χ2v) is 5.42. The molecule has 0 spiro atoms. The lowest BCUT2D eigenvalue weighted by molar-refractivity contribution is -0.247. The Hall–Kier alpha value is -1.37. The van der Waals surface area contributed by atoms with E-state index in [0.29, 0.717) is 4.47 Å². The molecule has 2 aromatic carbocycles. The fourth-order valence-corrected chi connectivity index (χ4v) is 2.39. The highest BCUT2D eigenvalue weighted by atomic mass is 79.9. The number of rotatable bonds is 6. The van der Waals surface area contributed by atoms with Crippen LogP contribution in [0, 0.1) is 0 Å². The number of benzene rings is 2.